The third kappa shape index (κ3) is 3.89. The van der Waals surface area contributed by atoms with E-state index in [1.54, 1.807) is 0 Å². The minimum absolute atomic E-state index is 0.559. The van der Waals surface area contributed by atoms with Gasteiger partial charge in [0.15, 0.2) is 0 Å². The van der Waals surface area contributed by atoms with Gasteiger partial charge in [-0.3, -0.25) is 4.79 Å². The van der Waals surface area contributed by atoms with Crippen LogP contribution in [-0.2, 0) is 14.4 Å². The largest absolute Gasteiger partial charge is 0.481 e. The van der Waals surface area contributed by atoms with E-state index < -0.39 is 18.4 Å². The minimum Gasteiger partial charge on any atom is -0.481 e. The molecule has 1 aliphatic heterocycles. The van der Waals surface area contributed by atoms with Crippen molar-refractivity contribution in [2.75, 3.05) is 13.1 Å². The van der Waals surface area contributed by atoms with E-state index in [0.717, 1.165) is 19.3 Å². The second kappa shape index (κ2) is 4.81. The normalized spacial score (nSPS) is 18.2. The third-order valence-corrected chi connectivity index (χ3v) is 1.84. The molecule has 0 radical (unpaired) electrons. The maximum absolute atomic E-state index is 10.9. The van der Waals surface area contributed by atoms with Gasteiger partial charge in [-0.25, -0.2) is 4.79 Å². The number of carbonyl (C=O) groups excluding carboxylic acids is 1. The molecule has 1 saturated heterocycles. The van der Waals surface area contributed by atoms with Crippen LogP contribution in [0.4, 0.5) is 0 Å². The van der Waals surface area contributed by atoms with Crippen molar-refractivity contribution in [2.24, 2.45) is 0 Å². The standard InChI is InChI=1S/C8H13NO4/c10-7(11)6-8(12)13-9-4-2-1-3-5-9/h1-6H2,(H,10,11). The van der Waals surface area contributed by atoms with Gasteiger partial charge in [-0.1, -0.05) is 6.42 Å². The van der Waals surface area contributed by atoms with Crippen molar-refractivity contribution in [1.82, 2.24) is 5.06 Å². The first-order chi connectivity index (χ1) is 6.18. The van der Waals surface area contributed by atoms with E-state index in [1.165, 1.54) is 5.06 Å². The summed E-state index contributed by atoms with van der Waals surface area (Å²) in [5.74, 6) is -1.84. The van der Waals surface area contributed by atoms with Crippen LogP contribution in [0.3, 0.4) is 0 Å². The minimum atomic E-state index is -1.15. The van der Waals surface area contributed by atoms with E-state index in [9.17, 15) is 9.59 Å². The van der Waals surface area contributed by atoms with Crippen molar-refractivity contribution in [3.8, 4) is 0 Å². The van der Waals surface area contributed by atoms with Crippen molar-refractivity contribution in [3.05, 3.63) is 0 Å². The number of hydroxylamine groups is 2. The Hall–Kier alpha value is -1.10. The first-order valence-electron chi connectivity index (χ1n) is 4.36. The Labute approximate surface area is 76.2 Å². The fourth-order valence-electron chi connectivity index (χ4n) is 1.26. The highest BCUT2D eigenvalue weighted by Crippen LogP contribution is 2.09. The number of carbonyl (C=O) groups is 2. The van der Waals surface area contributed by atoms with Crippen molar-refractivity contribution >= 4 is 11.9 Å². The zero-order valence-corrected chi connectivity index (χ0v) is 7.36. The Morgan fingerprint density at radius 1 is 1.23 bits per heavy atom. The molecule has 0 aromatic carbocycles. The van der Waals surface area contributed by atoms with Gasteiger partial charge >= 0.3 is 11.9 Å². The molecule has 5 nitrogen and oxygen atoms in total. The van der Waals surface area contributed by atoms with E-state index in [4.69, 9.17) is 9.94 Å². The van der Waals surface area contributed by atoms with Crippen LogP contribution >= 0.6 is 0 Å². The van der Waals surface area contributed by atoms with Crippen molar-refractivity contribution in [1.29, 1.82) is 0 Å². The summed E-state index contributed by atoms with van der Waals surface area (Å²) in [6, 6.07) is 0. The van der Waals surface area contributed by atoms with Gasteiger partial charge in [-0.05, 0) is 12.8 Å². The predicted molar refractivity (Wildman–Crippen MR) is 43.8 cm³/mol. The summed E-state index contributed by atoms with van der Waals surface area (Å²) in [6.07, 6.45) is 2.59. The number of piperidine rings is 1. The first kappa shape index (κ1) is 9.98. The number of aliphatic carboxylic acids is 1. The predicted octanol–water partition coefficient (Wildman–Crippen LogP) is 0.405. The molecule has 0 amide bonds. The monoisotopic (exact) mass is 187 g/mol. The van der Waals surface area contributed by atoms with Gasteiger partial charge in [0.05, 0.1) is 0 Å². The van der Waals surface area contributed by atoms with Crippen LogP contribution in [0.1, 0.15) is 25.7 Å². The van der Waals surface area contributed by atoms with Crippen LogP contribution in [0.15, 0.2) is 0 Å². The molecule has 0 unspecified atom stereocenters. The highest BCUT2D eigenvalue weighted by Gasteiger charge is 2.16. The molecular formula is C8H13NO4. The summed E-state index contributed by atoms with van der Waals surface area (Å²) in [5.41, 5.74) is 0. The summed E-state index contributed by atoms with van der Waals surface area (Å²) < 4.78 is 0. The van der Waals surface area contributed by atoms with E-state index in [2.05, 4.69) is 0 Å². The zero-order chi connectivity index (χ0) is 9.68. The molecule has 1 aliphatic rings. The number of carboxylic acid groups (broad SMARTS) is 1. The SMILES string of the molecule is O=C(O)CC(=O)ON1CCCCC1. The Morgan fingerprint density at radius 3 is 2.38 bits per heavy atom. The van der Waals surface area contributed by atoms with Crippen LogP contribution in [-0.4, -0.2) is 35.2 Å². The topological polar surface area (TPSA) is 66.8 Å². The van der Waals surface area contributed by atoms with Crippen LogP contribution in [0.5, 0.6) is 0 Å². The van der Waals surface area contributed by atoms with Gasteiger partial charge in [0.25, 0.3) is 0 Å². The summed E-state index contributed by atoms with van der Waals surface area (Å²) in [6.45, 7) is 1.43. The molecule has 0 aliphatic carbocycles. The van der Waals surface area contributed by atoms with Crippen molar-refractivity contribution < 1.29 is 19.5 Å². The van der Waals surface area contributed by atoms with Crippen LogP contribution in [0, 0.1) is 0 Å². The Morgan fingerprint density at radius 2 is 1.85 bits per heavy atom. The van der Waals surface area contributed by atoms with Gasteiger partial charge in [0.2, 0.25) is 0 Å². The quantitative estimate of drug-likeness (QED) is 0.648. The third-order valence-electron chi connectivity index (χ3n) is 1.84. The Bertz CT molecular complexity index is 198. The number of hydrogen-bond acceptors (Lipinski definition) is 4. The molecule has 0 aromatic rings. The van der Waals surface area contributed by atoms with E-state index in [1.807, 2.05) is 0 Å². The van der Waals surface area contributed by atoms with Gasteiger partial charge in [-0.2, -0.15) is 0 Å². The summed E-state index contributed by atoms with van der Waals surface area (Å²) >= 11 is 0. The molecule has 1 N–H and O–H groups in total. The Balaban J connectivity index is 2.22. The molecule has 13 heavy (non-hydrogen) atoms. The van der Waals surface area contributed by atoms with E-state index in [0.29, 0.717) is 13.1 Å². The molecule has 74 valence electrons. The zero-order valence-electron chi connectivity index (χ0n) is 7.36. The lowest BCUT2D eigenvalue weighted by atomic mass is 10.2. The molecule has 0 aromatic heterocycles. The highest BCUT2D eigenvalue weighted by molar-refractivity contribution is 5.89. The summed E-state index contributed by atoms with van der Waals surface area (Å²) in [4.78, 5) is 25.8. The van der Waals surface area contributed by atoms with Crippen molar-refractivity contribution in [2.45, 2.75) is 25.7 Å². The van der Waals surface area contributed by atoms with Gasteiger partial charge in [0.1, 0.15) is 6.42 Å². The lowest BCUT2D eigenvalue weighted by Gasteiger charge is -2.24. The van der Waals surface area contributed by atoms with Crippen LogP contribution < -0.4 is 0 Å². The molecule has 1 fully saturated rings. The number of nitrogens with zero attached hydrogens (tertiary/aromatic N) is 1. The number of carboxylic acids is 1. The molecule has 0 atom stereocenters. The number of hydrogen-bond donors (Lipinski definition) is 1. The molecule has 1 rings (SSSR count). The number of rotatable bonds is 3. The van der Waals surface area contributed by atoms with Crippen LogP contribution in [0.2, 0.25) is 0 Å². The fraction of sp³-hybridized carbons (Fsp3) is 0.750. The van der Waals surface area contributed by atoms with Crippen molar-refractivity contribution in [3.63, 3.8) is 0 Å². The molecule has 5 heteroatoms. The second-order valence-corrected chi connectivity index (χ2v) is 3.02. The molecule has 0 saturated carbocycles. The first-order valence-corrected chi connectivity index (χ1v) is 4.36. The lowest BCUT2D eigenvalue weighted by molar-refractivity contribution is -0.195. The average Bonchev–Trinajstić information content (AvgIpc) is 2.04. The molecule has 1 heterocycles. The molecular weight excluding hydrogens is 174 g/mol. The van der Waals surface area contributed by atoms with Crippen LogP contribution in [0.25, 0.3) is 0 Å². The van der Waals surface area contributed by atoms with Gasteiger partial charge in [-0.15, -0.1) is 5.06 Å². The molecule has 0 bridgehead atoms. The second-order valence-electron chi connectivity index (χ2n) is 3.02. The lowest BCUT2D eigenvalue weighted by Crippen LogP contribution is -2.32. The average molecular weight is 187 g/mol. The summed E-state index contributed by atoms with van der Waals surface area (Å²) in [5, 5.41) is 9.83. The van der Waals surface area contributed by atoms with E-state index >= 15 is 0 Å². The van der Waals surface area contributed by atoms with Gasteiger partial charge < -0.3 is 9.94 Å². The maximum atomic E-state index is 10.9. The maximum Gasteiger partial charge on any atom is 0.336 e. The molecule has 0 spiro atoms. The highest BCUT2D eigenvalue weighted by atomic mass is 16.7. The fourth-order valence-corrected chi connectivity index (χ4v) is 1.26. The smallest absolute Gasteiger partial charge is 0.336 e. The van der Waals surface area contributed by atoms with Gasteiger partial charge in [0, 0.05) is 13.1 Å². The Kier molecular flexibility index (Phi) is 3.70. The summed E-state index contributed by atoms with van der Waals surface area (Å²) in [7, 11) is 0. The van der Waals surface area contributed by atoms with E-state index in [-0.39, 0.29) is 0 Å².